The van der Waals surface area contributed by atoms with Gasteiger partial charge >= 0.3 is 5.97 Å². The van der Waals surface area contributed by atoms with E-state index in [0.717, 1.165) is 6.07 Å². The standard InChI is InChI=1S/C12H16ClNO5S/c1-7(6-18-3)19-12(15)10-4-9(20(14,16)17)5-11(13)8(10)2/h4-5,7H,6H2,1-3H3,(H2,14,16,17). The van der Waals surface area contributed by atoms with E-state index >= 15 is 0 Å². The lowest BCUT2D eigenvalue weighted by Crippen LogP contribution is -2.21. The van der Waals surface area contributed by atoms with E-state index < -0.39 is 22.1 Å². The molecule has 1 atom stereocenters. The predicted molar refractivity (Wildman–Crippen MR) is 74.3 cm³/mol. The predicted octanol–water partition coefficient (Wildman–Crippen LogP) is 1.49. The van der Waals surface area contributed by atoms with Crippen LogP contribution in [-0.4, -0.2) is 34.2 Å². The first-order valence-electron chi connectivity index (χ1n) is 5.69. The van der Waals surface area contributed by atoms with E-state index in [9.17, 15) is 13.2 Å². The maximum Gasteiger partial charge on any atom is 0.338 e. The van der Waals surface area contributed by atoms with Crippen molar-refractivity contribution in [3.05, 3.63) is 28.3 Å². The van der Waals surface area contributed by atoms with Gasteiger partial charge in [-0.2, -0.15) is 0 Å². The van der Waals surface area contributed by atoms with Crippen molar-refractivity contribution in [3.63, 3.8) is 0 Å². The van der Waals surface area contributed by atoms with Gasteiger partial charge in [0.05, 0.1) is 17.1 Å². The minimum Gasteiger partial charge on any atom is -0.457 e. The van der Waals surface area contributed by atoms with Crippen LogP contribution in [0, 0.1) is 6.92 Å². The number of hydrogen-bond acceptors (Lipinski definition) is 5. The molecular weight excluding hydrogens is 306 g/mol. The Morgan fingerprint density at radius 3 is 2.55 bits per heavy atom. The Kier molecular flexibility index (Phi) is 5.52. The summed E-state index contributed by atoms with van der Waals surface area (Å²) < 4.78 is 32.7. The topological polar surface area (TPSA) is 95.7 Å². The van der Waals surface area contributed by atoms with Crippen LogP contribution in [0.3, 0.4) is 0 Å². The molecule has 0 aliphatic carbocycles. The number of halogens is 1. The van der Waals surface area contributed by atoms with Crippen molar-refractivity contribution >= 4 is 27.6 Å². The number of carbonyl (C=O) groups excluding carboxylic acids is 1. The van der Waals surface area contributed by atoms with E-state index in [1.165, 1.54) is 13.2 Å². The SMILES string of the molecule is COCC(C)OC(=O)c1cc(S(N)(=O)=O)cc(Cl)c1C. The minimum atomic E-state index is -3.95. The summed E-state index contributed by atoms with van der Waals surface area (Å²) in [4.78, 5) is 11.8. The van der Waals surface area contributed by atoms with Gasteiger partial charge in [0, 0.05) is 12.1 Å². The Hall–Kier alpha value is -1.15. The molecule has 0 radical (unpaired) electrons. The number of nitrogens with two attached hydrogens (primary N) is 1. The average molecular weight is 322 g/mol. The van der Waals surface area contributed by atoms with Crippen LogP contribution in [0.1, 0.15) is 22.8 Å². The summed E-state index contributed by atoms with van der Waals surface area (Å²) in [6, 6.07) is 2.35. The first kappa shape index (κ1) is 16.9. The summed E-state index contributed by atoms with van der Waals surface area (Å²) >= 11 is 5.91. The van der Waals surface area contributed by atoms with Gasteiger partial charge in [-0.05, 0) is 31.5 Å². The lowest BCUT2D eigenvalue weighted by Gasteiger charge is -2.14. The second kappa shape index (κ2) is 6.53. The summed E-state index contributed by atoms with van der Waals surface area (Å²) in [5, 5.41) is 5.16. The van der Waals surface area contributed by atoms with Crippen LogP contribution in [0.2, 0.25) is 5.02 Å². The molecule has 0 heterocycles. The molecule has 2 N–H and O–H groups in total. The van der Waals surface area contributed by atoms with E-state index in [1.807, 2.05) is 0 Å². The second-order valence-electron chi connectivity index (χ2n) is 4.29. The number of ether oxygens (including phenoxy) is 2. The van der Waals surface area contributed by atoms with Crippen molar-refractivity contribution in [3.8, 4) is 0 Å². The zero-order valence-corrected chi connectivity index (χ0v) is 12.9. The molecule has 1 aromatic carbocycles. The molecule has 8 heteroatoms. The van der Waals surface area contributed by atoms with Crippen molar-refractivity contribution in [2.75, 3.05) is 13.7 Å². The van der Waals surface area contributed by atoms with Crippen molar-refractivity contribution in [2.24, 2.45) is 5.14 Å². The third kappa shape index (κ3) is 4.17. The van der Waals surface area contributed by atoms with E-state index in [2.05, 4.69) is 0 Å². The van der Waals surface area contributed by atoms with Gasteiger partial charge in [0.1, 0.15) is 6.10 Å². The molecule has 1 aromatic rings. The fraction of sp³-hybridized carbons (Fsp3) is 0.417. The van der Waals surface area contributed by atoms with Gasteiger partial charge in [0.15, 0.2) is 0 Å². The smallest absolute Gasteiger partial charge is 0.338 e. The Morgan fingerprint density at radius 1 is 1.45 bits per heavy atom. The van der Waals surface area contributed by atoms with Crippen LogP contribution in [0.4, 0.5) is 0 Å². The van der Waals surface area contributed by atoms with Gasteiger partial charge in [-0.1, -0.05) is 11.6 Å². The Labute approximate surface area is 122 Å². The highest BCUT2D eigenvalue weighted by molar-refractivity contribution is 7.89. The number of benzene rings is 1. The third-order valence-corrected chi connectivity index (χ3v) is 3.86. The molecule has 0 spiro atoms. The number of rotatable bonds is 5. The van der Waals surface area contributed by atoms with E-state index in [-0.39, 0.29) is 22.1 Å². The van der Waals surface area contributed by atoms with Crippen molar-refractivity contribution < 1.29 is 22.7 Å². The molecule has 0 bridgehead atoms. The van der Waals surface area contributed by atoms with Crippen LogP contribution in [0.15, 0.2) is 17.0 Å². The molecule has 6 nitrogen and oxygen atoms in total. The number of primary sulfonamides is 1. The van der Waals surface area contributed by atoms with Gasteiger partial charge in [0.2, 0.25) is 10.0 Å². The fourth-order valence-corrected chi connectivity index (χ4v) is 2.39. The quantitative estimate of drug-likeness (QED) is 0.829. The van der Waals surface area contributed by atoms with Crippen LogP contribution >= 0.6 is 11.6 Å². The van der Waals surface area contributed by atoms with Gasteiger partial charge in [0.25, 0.3) is 0 Å². The van der Waals surface area contributed by atoms with E-state index in [1.54, 1.807) is 13.8 Å². The summed E-state index contributed by atoms with van der Waals surface area (Å²) in [5.74, 6) is -0.681. The zero-order chi connectivity index (χ0) is 15.5. The molecule has 0 saturated heterocycles. The molecule has 0 aliphatic heterocycles. The molecule has 0 amide bonds. The maximum atomic E-state index is 12.0. The molecular formula is C12H16ClNO5S. The second-order valence-corrected chi connectivity index (χ2v) is 6.26. The summed E-state index contributed by atoms with van der Waals surface area (Å²) in [7, 11) is -2.47. The van der Waals surface area contributed by atoms with Gasteiger partial charge in [-0.3, -0.25) is 0 Å². The molecule has 0 saturated carbocycles. The lowest BCUT2D eigenvalue weighted by atomic mass is 10.1. The fourth-order valence-electron chi connectivity index (χ4n) is 1.55. The molecule has 0 aromatic heterocycles. The minimum absolute atomic E-state index is 0.0597. The highest BCUT2D eigenvalue weighted by Crippen LogP contribution is 2.24. The van der Waals surface area contributed by atoms with E-state index in [4.69, 9.17) is 26.2 Å². The van der Waals surface area contributed by atoms with Crippen LogP contribution in [-0.2, 0) is 19.5 Å². The Morgan fingerprint density at radius 2 is 2.05 bits per heavy atom. The average Bonchev–Trinajstić information content (AvgIpc) is 2.31. The van der Waals surface area contributed by atoms with Crippen LogP contribution < -0.4 is 5.14 Å². The van der Waals surface area contributed by atoms with Gasteiger partial charge < -0.3 is 9.47 Å². The van der Waals surface area contributed by atoms with Gasteiger partial charge in [-0.25, -0.2) is 18.4 Å². The molecule has 0 aliphatic rings. The molecule has 1 rings (SSSR count). The first-order chi connectivity index (χ1) is 9.16. The number of sulfonamides is 1. The first-order valence-corrected chi connectivity index (χ1v) is 7.62. The summed E-state index contributed by atoms with van der Waals surface area (Å²) in [5.41, 5.74) is 0.484. The number of hydrogen-bond donors (Lipinski definition) is 1. The molecule has 112 valence electrons. The normalized spacial score (nSPS) is 13.1. The third-order valence-electron chi connectivity index (χ3n) is 2.58. The Balaban J connectivity index is 3.17. The molecule has 0 fully saturated rings. The largest absolute Gasteiger partial charge is 0.457 e. The van der Waals surface area contributed by atoms with Crippen LogP contribution in [0.5, 0.6) is 0 Å². The molecule has 1 unspecified atom stereocenters. The zero-order valence-electron chi connectivity index (χ0n) is 11.3. The maximum absolute atomic E-state index is 12.0. The van der Waals surface area contributed by atoms with Crippen molar-refractivity contribution in [2.45, 2.75) is 24.8 Å². The lowest BCUT2D eigenvalue weighted by molar-refractivity contribution is 0.0119. The number of methoxy groups -OCH3 is 1. The summed E-state index contributed by atoms with van der Waals surface area (Å²) in [6.45, 7) is 3.47. The summed E-state index contributed by atoms with van der Waals surface area (Å²) in [6.07, 6.45) is -0.469. The number of esters is 1. The number of carbonyl (C=O) groups is 1. The molecule has 20 heavy (non-hydrogen) atoms. The van der Waals surface area contributed by atoms with Crippen LogP contribution in [0.25, 0.3) is 0 Å². The highest BCUT2D eigenvalue weighted by Gasteiger charge is 2.20. The Bertz CT molecular complexity index is 615. The monoisotopic (exact) mass is 321 g/mol. The highest BCUT2D eigenvalue weighted by atomic mass is 35.5. The van der Waals surface area contributed by atoms with Gasteiger partial charge in [-0.15, -0.1) is 0 Å². The van der Waals surface area contributed by atoms with Crippen molar-refractivity contribution in [1.82, 2.24) is 0 Å². The van der Waals surface area contributed by atoms with Crippen molar-refractivity contribution in [1.29, 1.82) is 0 Å². The van der Waals surface area contributed by atoms with E-state index in [0.29, 0.717) is 5.56 Å².